The lowest BCUT2D eigenvalue weighted by Gasteiger charge is -2.09. The average molecular weight is 270 g/mol. The fraction of sp³-hybridized carbons (Fsp3) is 0.250. The molecule has 0 unspecified atom stereocenters. The molecule has 0 fully saturated rings. The number of aromatic nitrogens is 1. The van der Waals surface area contributed by atoms with Crippen LogP contribution in [0.15, 0.2) is 42.7 Å². The van der Waals surface area contributed by atoms with E-state index in [2.05, 4.69) is 10.3 Å². The van der Waals surface area contributed by atoms with E-state index in [9.17, 15) is 9.90 Å². The molecule has 0 radical (unpaired) electrons. The number of benzene rings is 1. The summed E-state index contributed by atoms with van der Waals surface area (Å²) < 4.78 is 0. The summed E-state index contributed by atoms with van der Waals surface area (Å²) in [6.07, 6.45) is 3.58. The van der Waals surface area contributed by atoms with Crippen molar-refractivity contribution in [1.29, 1.82) is 0 Å². The van der Waals surface area contributed by atoms with Crippen molar-refractivity contribution in [3.05, 3.63) is 59.4 Å². The molecule has 1 amide bonds. The van der Waals surface area contributed by atoms with E-state index in [1.165, 1.54) is 0 Å². The third-order valence-corrected chi connectivity index (χ3v) is 3.09. The van der Waals surface area contributed by atoms with E-state index in [1.807, 2.05) is 19.1 Å². The molecule has 0 aliphatic heterocycles. The number of anilines is 1. The van der Waals surface area contributed by atoms with Crippen molar-refractivity contribution < 1.29 is 9.90 Å². The van der Waals surface area contributed by atoms with Gasteiger partial charge in [-0.05, 0) is 42.7 Å². The van der Waals surface area contributed by atoms with Gasteiger partial charge in [0.15, 0.2) is 0 Å². The lowest BCUT2D eigenvalue weighted by molar-refractivity contribution is 0.102. The van der Waals surface area contributed by atoms with Gasteiger partial charge in [0.1, 0.15) is 0 Å². The van der Waals surface area contributed by atoms with Crippen molar-refractivity contribution in [2.75, 3.05) is 5.32 Å². The zero-order valence-corrected chi connectivity index (χ0v) is 11.6. The minimum atomic E-state index is -0.558. The Morgan fingerprint density at radius 3 is 2.85 bits per heavy atom. The number of nitrogens with zero attached hydrogens (tertiary/aromatic N) is 1. The van der Waals surface area contributed by atoms with Crippen LogP contribution in [0.3, 0.4) is 0 Å². The number of carbonyl (C=O) groups excluding carboxylic acids is 1. The molecule has 2 aromatic rings. The summed E-state index contributed by atoms with van der Waals surface area (Å²) >= 11 is 0. The first kappa shape index (κ1) is 14.2. The van der Waals surface area contributed by atoms with E-state index in [1.54, 1.807) is 37.5 Å². The van der Waals surface area contributed by atoms with Crippen LogP contribution in [0.25, 0.3) is 0 Å². The van der Waals surface area contributed by atoms with Crippen LogP contribution in [-0.4, -0.2) is 16.0 Å². The van der Waals surface area contributed by atoms with Crippen molar-refractivity contribution in [2.24, 2.45) is 0 Å². The number of pyridine rings is 1. The number of hydrogen-bond donors (Lipinski definition) is 2. The number of hydrogen-bond acceptors (Lipinski definition) is 3. The fourth-order valence-corrected chi connectivity index (χ4v) is 1.88. The minimum Gasteiger partial charge on any atom is -0.389 e. The fourth-order valence-electron chi connectivity index (χ4n) is 1.88. The first-order chi connectivity index (χ1) is 9.60. The molecule has 1 atom stereocenters. The number of amides is 1. The van der Waals surface area contributed by atoms with Gasteiger partial charge in [0.25, 0.3) is 5.91 Å². The van der Waals surface area contributed by atoms with Crippen LogP contribution in [-0.2, 0) is 6.42 Å². The Balaban J connectivity index is 2.16. The van der Waals surface area contributed by atoms with Crippen LogP contribution < -0.4 is 5.32 Å². The molecule has 4 heteroatoms. The number of carbonyl (C=O) groups is 1. The number of aryl methyl sites for hydroxylation is 1. The number of nitrogens with one attached hydrogen (secondary N) is 1. The van der Waals surface area contributed by atoms with E-state index in [-0.39, 0.29) is 5.91 Å². The summed E-state index contributed by atoms with van der Waals surface area (Å²) in [6.45, 7) is 3.71. The van der Waals surface area contributed by atoms with Gasteiger partial charge in [0.2, 0.25) is 0 Å². The SMILES string of the molecule is CCc1cncc(C(=O)Nc2cccc([C@@H](C)O)c2)c1. The van der Waals surface area contributed by atoms with Gasteiger partial charge in [-0.25, -0.2) is 0 Å². The average Bonchev–Trinajstić information content (AvgIpc) is 2.47. The normalized spacial score (nSPS) is 11.9. The molecular weight excluding hydrogens is 252 g/mol. The highest BCUT2D eigenvalue weighted by molar-refractivity contribution is 6.04. The van der Waals surface area contributed by atoms with Crippen LogP contribution in [0.4, 0.5) is 5.69 Å². The first-order valence-electron chi connectivity index (χ1n) is 6.63. The second-order valence-electron chi connectivity index (χ2n) is 4.69. The summed E-state index contributed by atoms with van der Waals surface area (Å²) in [5.74, 6) is -0.199. The topological polar surface area (TPSA) is 62.2 Å². The summed E-state index contributed by atoms with van der Waals surface area (Å²) in [6, 6.07) is 9.01. The van der Waals surface area contributed by atoms with Crippen molar-refractivity contribution in [3.63, 3.8) is 0 Å². The lowest BCUT2D eigenvalue weighted by Crippen LogP contribution is -2.12. The molecule has 0 aliphatic rings. The Bertz CT molecular complexity index is 609. The van der Waals surface area contributed by atoms with E-state index in [4.69, 9.17) is 0 Å². The smallest absolute Gasteiger partial charge is 0.257 e. The third kappa shape index (κ3) is 3.42. The van der Waals surface area contributed by atoms with Crippen molar-refractivity contribution in [3.8, 4) is 0 Å². The van der Waals surface area contributed by atoms with Crippen LogP contribution in [0.5, 0.6) is 0 Å². The molecule has 1 heterocycles. The molecule has 1 aromatic heterocycles. The number of rotatable bonds is 4. The molecule has 20 heavy (non-hydrogen) atoms. The van der Waals surface area contributed by atoms with Crippen LogP contribution >= 0.6 is 0 Å². The Kier molecular flexibility index (Phi) is 4.48. The number of aliphatic hydroxyl groups excluding tert-OH is 1. The Hall–Kier alpha value is -2.20. The Labute approximate surface area is 118 Å². The van der Waals surface area contributed by atoms with E-state index in [0.29, 0.717) is 11.3 Å². The molecule has 0 saturated heterocycles. The van der Waals surface area contributed by atoms with Crippen molar-refractivity contribution >= 4 is 11.6 Å². The highest BCUT2D eigenvalue weighted by Gasteiger charge is 2.08. The largest absolute Gasteiger partial charge is 0.389 e. The minimum absolute atomic E-state index is 0.199. The molecule has 0 spiro atoms. The molecule has 0 bridgehead atoms. The van der Waals surface area contributed by atoms with E-state index in [0.717, 1.165) is 17.5 Å². The second-order valence-corrected chi connectivity index (χ2v) is 4.69. The summed E-state index contributed by atoms with van der Waals surface area (Å²) in [7, 11) is 0. The summed E-state index contributed by atoms with van der Waals surface area (Å²) in [4.78, 5) is 16.2. The van der Waals surface area contributed by atoms with Gasteiger partial charge < -0.3 is 10.4 Å². The lowest BCUT2D eigenvalue weighted by atomic mass is 10.1. The van der Waals surface area contributed by atoms with Gasteiger partial charge in [-0.2, -0.15) is 0 Å². The predicted octanol–water partition coefficient (Wildman–Crippen LogP) is 2.95. The van der Waals surface area contributed by atoms with Crippen LogP contribution in [0.1, 0.15) is 41.4 Å². The zero-order chi connectivity index (χ0) is 14.5. The molecule has 2 rings (SSSR count). The standard InChI is InChI=1S/C16H18N2O2/c1-3-12-7-14(10-17-9-12)16(20)18-15-6-4-5-13(8-15)11(2)19/h4-11,19H,3H2,1-2H3,(H,18,20)/t11-/m1/s1. The van der Waals surface area contributed by atoms with Gasteiger partial charge in [-0.15, -0.1) is 0 Å². The second kappa shape index (κ2) is 6.30. The molecular formula is C16H18N2O2. The van der Waals surface area contributed by atoms with Crippen molar-refractivity contribution in [2.45, 2.75) is 26.4 Å². The Morgan fingerprint density at radius 2 is 2.15 bits per heavy atom. The predicted molar refractivity (Wildman–Crippen MR) is 78.6 cm³/mol. The first-order valence-corrected chi connectivity index (χ1v) is 6.63. The quantitative estimate of drug-likeness (QED) is 0.897. The van der Waals surface area contributed by atoms with Crippen LogP contribution in [0, 0.1) is 0 Å². The van der Waals surface area contributed by atoms with Gasteiger partial charge in [0.05, 0.1) is 11.7 Å². The monoisotopic (exact) mass is 270 g/mol. The summed E-state index contributed by atoms with van der Waals surface area (Å²) in [5, 5.41) is 12.4. The maximum absolute atomic E-state index is 12.1. The Morgan fingerprint density at radius 1 is 1.35 bits per heavy atom. The molecule has 2 N–H and O–H groups in total. The maximum atomic E-state index is 12.1. The highest BCUT2D eigenvalue weighted by atomic mass is 16.3. The van der Waals surface area contributed by atoms with Crippen molar-refractivity contribution in [1.82, 2.24) is 4.98 Å². The van der Waals surface area contributed by atoms with Gasteiger partial charge in [-0.3, -0.25) is 9.78 Å². The molecule has 4 nitrogen and oxygen atoms in total. The van der Waals surface area contributed by atoms with Gasteiger partial charge >= 0.3 is 0 Å². The molecule has 0 aliphatic carbocycles. The van der Waals surface area contributed by atoms with E-state index < -0.39 is 6.10 Å². The van der Waals surface area contributed by atoms with Gasteiger partial charge in [0, 0.05) is 18.1 Å². The summed E-state index contributed by atoms with van der Waals surface area (Å²) in [5.41, 5.74) is 2.99. The third-order valence-electron chi connectivity index (χ3n) is 3.09. The molecule has 1 aromatic carbocycles. The molecule has 104 valence electrons. The number of aliphatic hydroxyl groups is 1. The zero-order valence-electron chi connectivity index (χ0n) is 11.6. The van der Waals surface area contributed by atoms with E-state index >= 15 is 0 Å². The van der Waals surface area contributed by atoms with Gasteiger partial charge in [-0.1, -0.05) is 19.1 Å². The maximum Gasteiger partial charge on any atom is 0.257 e. The highest BCUT2D eigenvalue weighted by Crippen LogP contribution is 2.17. The van der Waals surface area contributed by atoms with Crippen LogP contribution in [0.2, 0.25) is 0 Å². The molecule has 0 saturated carbocycles.